The average Bonchev–Trinajstić information content (AvgIpc) is 2.33. The fourth-order valence-corrected chi connectivity index (χ4v) is 2.44. The SMILES string of the molecule is Cc1c(NN)nc(C(C)C)nc1N(C)CC1CCC1. The summed E-state index contributed by atoms with van der Waals surface area (Å²) < 4.78 is 0. The highest BCUT2D eigenvalue weighted by Gasteiger charge is 2.22. The van der Waals surface area contributed by atoms with Crippen molar-refractivity contribution in [2.24, 2.45) is 11.8 Å². The molecule has 1 saturated carbocycles. The van der Waals surface area contributed by atoms with E-state index in [1.54, 1.807) is 0 Å². The predicted molar refractivity (Wildman–Crippen MR) is 79.3 cm³/mol. The number of aromatic nitrogens is 2. The van der Waals surface area contributed by atoms with Gasteiger partial charge in [-0.15, -0.1) is 0 Å². The summed E-state index contributed by atoms with van der Waals surface area (Å²) in [4.78, 5) is 11.4. The molecule has 19 heavy (non-hydrogen) atoms. The second-order valence-corrected chi connectivity index (χ2v) is 5.86. The summed E-state index contributed by atoms with van der Waals surface area (Å²) in [6.45, 7) is 7.28. The number of hydrogen-bond acceptors (Lipinski definition) is 5. The molecule has 5 nitrogen and oxygen atoms in total. The van der Waals surface area contributed by atoms with Gasteiger partial charge in [0.05, 0.1) is 0 Å². The van der Waals surface area contributed by atoms with E-state index < -0.39 is 0 Å². The normalized spacial score (nSPS) is 15.5. The van der Waals surface area contributed by atoms with Crippen LogP contribution in [-0.4, -0.2) is 23.6 Å². The second kappa shape index (κ2) is 5.74. The smallest absolute Gasteiger partial charge is 0.148 e. The fraction of sp³-hybridized carbons (Fsp3) is 0.714. The largest absolute Gasteiger partial charge is 0.359 e. The molecule has 1 aliphatic rings. The van der Waals surface area contributed by atoms with Crippen molar-refractivity contribution in [1.29, 1.82) is 0 Å². The number of anilines is 2. The molecule has 1 fully saturated rings. The standard InChI is InChI=1S/C14H25N5/c1-9(2)12-16-13(18-15)10(3)14(17-12)19(4)8-11-6-5-7-11/h9,11H,5-8,15H2,1-4H3,(H,16,17,18). The molecule has 1 aliphatic carbocycles. The highest BCUT2D eigenvalue weighted by molar-refractivity contribution is 5.58. The van der Waals surface area contributed by atoms with Gasteiger partial charge in [0.25, 0.3) is 0 Å². The van der Waals surface area contributed by atoms with E-state index >= 15 is 0 Å². The Morgan fingerprint density at radius 1 is 1.37 bits per heavy atom. The summed E-state index contributed by atoms with van der Waals surface area (Å²) in [5, 5.41) is 0. The molecule has 106 valence electrons. The van der Waals surface area contributed by atoms with E-state index in [0.29, 0.717) is 5.92 Å². The fourth-order valence-electron chi connectivity index (χ4n) is 2.44. The quantitative estimate of drug-likeness (QED) is 0.631. The van der Waals surface area contributed by atoms with Crippen LogP contribution in [0, 0.1) is 12.8 Å². The molecule has 0 spiro atoms. The Morgan fingerprint density at radius 2 is 2.05 bits per heavy atom. The first-order valence-corrected chi connectivity index (χ1v) is 7.09. The van der Waals surface area contributed by atoms with Gasteiger partial charge in [0.2, 0.25) is 0 Å². The van der Waals surface area contributed by atoms with Crippen LogP contribution in [0.2, 0.25) is 0 Å². The molecule has 3 N–H and O–H groups in total. The van der Waals surface area contributed by atoms with E-state index in [4.69, 9.17) is 10.8 Å². The lowest BCUT2D eigenvalue weighted by Gasteiger charge is -2.31. The Labute approximate surface area is 115 Å². The molecule has 1 aromatic heterocycles. The maximum absolute atomic E-state index is 5.57. The van der Waals surface area contributed by atoms with Gasteiger partial charge in [-0.05, 0) is 25.7 Å². The van der Waals surface area contributed by atoms with E-state index in [2.05, 4.69) is 36.2 Å². The highest BCUT2D eigenvalue weighted by Crippen LogP contribution is 2.30. The molecular formula is C14H25N5. The molecule has 0 amide bonds. The average molecular weight is 263 g/mol. The summed E-state index contributed by atoms with van der Waals surface area (Å²) in [5.41, 5.74) is 3.71. The molecule has 0 atom stereocenters. The van der Waals surface area contributed by atoms with Crippen molar-refractivity contribution in [3.05, 3.63) is 11.4 Å². The van der Waals surface area contributed by atoms with Crippen LogP contribution in [0.25, 0.3) is 0 Å². The minimum Gasteiger partial charge on any atom is -0.359 e. The Kier molecular flexibility index (Phi) is 4.24. The Balaban J connectivity index is 2.28. The van der Waals surface area contributed by atoms with Gasteiger partial charge in [0, 0.05) is 25.1 Å². The molecule has 0 aliphatic heterocycles. The predicted octanol–water partition coefficient (Wildman–Crippen LogP) is 2.43. The van der Waals surface area contributed by atoms with Crippen LogP contribution in [0.5, 0.6) is 0 Å². The molecule has 0 unspecified atom stereocenters. The minimum atomic E-state index is 0.295. The van der Waals surface area contributed by atoms with Gasteiger partial charge in [-0.2, -0.15) is 0 Å². The minimum absolute atomic E-state index is 0.295. The van der Waals surface area contributed by atoms with Crippen LogP contribution >= 0.6 is 0 Å². The molecule has 0 aromatic carbocycles. The zero-order valence-electron chi connectivity index (χ0n) is 12.4. The van der Waals surface area contributed by atoms with Gasteiger partial charge in [-0.1, -0.05) is 20.3 Å². The van der Waals surface area contributed by atoms with Gasteiger partial charge in [0.15, 0.2) is 0 Å². The molecule has 0 saturated heterocycles. The van der Waals surface area contributed by atoms with Crippen LogP contribution < -0.4 is 16.2 Å². The molecule has 0 radical (unpaired) electrons. The van der Waals surface area contributed by atoms with Crippen molar-refractivity contribution >= 4 is 11.6 Å². The van der Waals surface area contributed by atoms with Crippen molar-refractivity contribution in [1.82, 2.24) is 9.97 Å². The Morgan fingerprint density at radius 3 is 2.53 bits per heavy atom. The monoisotopic (exact) mass is 263 g/mol. The summed E-state index contributed by atoms with van der Waals surface area (Å²) in [6, 6.07) is 0. The Bertz CT molecular complexity index is 440. The molecule has 5 heteroatoms. The summed E-state index contributed by atoms with van der Waals surface area (Å²) in [7, 11) is 2.11. The maximum Gasteiger partial charge on any atom is 0.148 e. The maximum atomic E-state index is 5.57. The lowest BCUT2D eigenvalue weighted by atomic mass is 9.85. The van der Waals surface area contributed by atoms with Crippen molar-refractivity contribution < 1.29 is 0 Å². The second-order valence-electron chi connectivity index (χ2n) is 5.86. The first-order chi connectivity index (χ1) is 9.02. The summed E-state index contributed by atoms with van der Waals surface area (Å²) in [6.07, 6.45) is 4.05. The number of hydrogen-bond donors (Lipinski definition) is 2. The summed E-state index contributed by atoms with van der Waals surface area (Å²) >= 11 is 0. The molecular weight excluding hydrogens is 238 g/mol. The van der Waals surface area contributed by atoms with E-state index in [1.165, 1.54) is 19.3 Å². The van der Waals surface area contributed by atoms with Crippen molar-refractivity contribution in [3.63, 3.8) is 0 Å². The topological polar surface area (TPSA) is 67.1 Å². The molecule has 1 heterocycles. The first kappa shape index (κ1) is 14.1. The van der Waals surface area contributed by atoms with Crippen LogP contribution in [0.4, 0.5) is 11.6 Å². The van der Waals surface area contributed by atoms with E-state index in [1.807, 2.05) is 6.92 Å². The number of nitrogens with zero attached hydrogens (tertiary/aromatic N) is 3. The zero-order valence-corrected chi connectivity index (χ0v) is 12.4. The lowest BCUT2D eigenvalue weighted by Crippen LogP contribution is -2.31. The summed E-state index contributed by atoms with van der Waals surface area (Å²) in [5.74, 6) is 9.25. The number of hydrazine groups is 1. The van der Waals surface area contributed by atoms with Crippen molar-refractivity contribution in [2.75, 3.05) is 23.9 Å². The van der Waals surface area contributed by atoms with Gasteiger partial charge in [0.1, 0.15) is 17.5 Å². The number of nitrogen functional groups attached to an aromatic ring is 1. The van der Waals surface area contributed by atoms with Crippen LogP contribution in [0.3, 0.4) is 0 Å². The third-order valence-electron chi connectivity index (χ3n) is 3.91. The lowest BCUT2D eigenvalue weighted by molar-refractivity contribution is 0.321. The van der Waals surface area contributed by atoms with Crippen molar-refractivity contribution in [3.8, 4) is 0 Å². The number of nitrogens with one attached hydrogen (secondary N) is 1. The van der Waals surface area contributed by atoms with E-state index in [-0.39, 0.29) is 0 Å². The van der Waals surface area contributed by atoms with Gasteiger partial charge in [-0.3, -0.25) is 0 Å². The van der Waals surface area contributed by atoms with Crippen LogP contribution in [0.15, 0.2) is 0 Å². The van der Waals surface area contributed by atoms with E-state index in [0.717, 1.165) is 35.5 Å². The van der Waals surface area contributed by atoms with Crippen LogP contribution in [0.1, 0.15) is 50.4 Å². The third kappa shape index (κ3) is 2.97. The molecule has 2 rings (SSSR count). The van der Waals surface area contributed by atoms with Gasteiger partial charge in [-0.25, -0.2) is 15.8 Å². The molecule has 0 bridgehead atoms. The Hall–Kier alpha value is -1.36. The number of nitrogens with two attached hydrogens (primary N) is 1. The van der Waals surface area contributed by atoms with Gasteiger partial charge >= 0.3 is 0 Å². The van der Waals surface area contributed by atoms with E-state index in [9.17, 15) is 0 Å². The third-order valence-corrected chi connectivity index (χ3v) is 3.91. The number of rotatable bonds is 5. The van der Waals surface area contributed by atoms with Crippen molar-refractivity contribution in [2.45, 2.75) is 46.0 Å². The molecule has 1 aromatic rings. The van der Waals surface area contributed by atoms with Gasteiger partial charge < -0.3 is 10.3 Å². The van der Waals surface area contributed by atoms with Crippen LogP contribution in [-0.2, 0) is 0 Å². The zero-order chi connectivity index (χ0) is 14.0. The first-order valence-electron chi connectivity index (χ1n) is 7.09. The highest BCUT2D eigenvalue weighted by atomic mass is 15.3.